The average Bonchev–Trinajstić information content (AvgIpc) is 2.88. The minimum absolute atomic E-state index is 0.00659. The predicted molar refractivity (Wildman–Crippen MR) is 143 cm³/mol. The third kappa shape index (κ3) is 4.42. The van der Waals surface area contributed by atoms with E-state index in [9.17, 15) is 4.79 Å². The molecule has 4 aromatic rings. The van der Waals surface area contributed by atoms with Gasteiger partial charge in [-0.3, -0.25) is 4.79 Å². The van der Waals surface area contributed by atoms with Gasteiger partial charge < -0.3 is 14.5 Å². The van der Waals surface area contributed by atoms with Crippen LogP contribution >= 0.6 is 23.2 Å². The molecule has 35 heavy (non-hydrogen) atoms. The van der Waals surface area contributed by atoms with Crippen molar-refractivity contribution in [2.75, 3.05) is 38.2 Å². The normalized spacial score (nSPS) is 13.8. The number of ether oxygens (including phenoxy) is 1. The number of pyridine rings is 1. The zero-order valence-electron chi connectivity index (χ0n) is 19.6. The first kappa shape index (κ1) is 23.5. The van der Waals surface area contributed by atoms with Crippen LogP contribution in [0.4, 0.5) is 5.69 Å². The Bertz CT molecular complexity index is 1410. The molecule has 1 aliphatic heterocycles. The van der Waals surface area contributed by atoms with E-state index in [1.54, 1.807) is 19.2 Å². The van der Waals surface area contributed by atoms with E-state index in [0.717, 1.165) is 46.6 Å². The molecule has 0 aliphatic carbocycles. The van der Waals surface area contributed by atoms with Gasteiger partial charge in [-0.05, 0) is 48.9 Å². The maximum Gasteiger partial charge on any atom is 0.255 e. The van der Waals surface area contributed by atoms with Crippen LogP contribution in [0.3, 0.4) is 0 Å². The van der Waals surface area contributed by atoms with E-state index >= 15 is 0 Å². The summed E-state index contributed by atoms with van der Waals surface area (Å²) in [4.78, 5) is 23.0. The van der Waals surface area contributed by atoms with Crippen LogP contribution in [0.1, 0.15) is 15.9 Å². The lowest BCUT2D eigenvalue weighted by Gasteiger charge is -2.37. The van der Waals surface area contributed by atoms with E-state index in [1.807, 2.05) is 60.4 Å². The molecule has 1 aliphatic rings. The summed E-state index contributed by atoms with van der Waals surface area (Å²) < 4.78 is 5.53. The molecule has 0 saturated carbocycles. The maximum atomic E-state index is 13.9. The second-order valence-corrected chi connectivity index (χ2v) is 9.40. The molecule has 1 saturated heterocycles. The van der Waals surface area contributed by atoms with Gasteiger partial charge in [-0.1, -0.05) is 53.5 Å². The number of para-hydroxylation sites is 3. The molecule has 0 N–H and O–H groups in total. The number of fused-ring (bicyclic) bond motifs is 1. The second kappa shape index (κ2) is 9.76. The van der Waals surface area contributed by atoms with Crippen LogP contribution in [0.2, 0.25) is 10.0 Å². The van der Waals surface area contributed by atoms with E-state index in [1.165, 1.54) is 0 Å². The molecule has 0 bridgehead atoms. The van der Waals surface area contributed by atoms with Crippen molar-refractivity contribution < 1.29 is 9.53 Å². The van der Waals surface area contributed by atoms with Crippen LogP contribution in [-0.4, -0.2) is 49.1 Å². The Labute approximate surface area is 214 Å². The van der Waals surface area contributed by atoms with Crippen LogP contribution in [0.15, 0.2) is 66.7 Å². The van der Waals surface area contributed by atoms with Gasteiger partial charge in [0.25, 0.3) is 5.91 Å². The lowest BCUT2D eigenvalue weighted by Crippen LogP contribution is -2.49. The molecule has 1 amide bonds. The van der Waals surface area contributed by atoms with Crippen molar-refractivity contribution in [3.63, 3.8) is 0 Å². The van der Waals surface area contributed by atoms with E-state index < -0.39 is 0 Å². The first-order chi connectivity index (χ1) is 17.0. The van der Waals surface area contributed by atoms with Gasteiger partial charge in [0.1, 0.15) is 5.75 Å². The largest absolute Gasteiger partial charge is 0.495 e. The number of aromatic nitrogens is 1. The molecule has 0 spiro atoms. The Kier molecular flexibility index (Phi) is 6.54. The standard InChI is InChI=1S/C28H25Cl2N3O2/c1-18-26(28(34)33-15-13-32(14-16-33)24-9-5-6-10-25(24)35-2)21-7-3-4-8-23(21)31-27(18)20-12-11-19(29)17-22(20)30/h3-12,17H,13-16H2,1-2H3. The van der Waals surface area contributed by atoms with E-state index in [-0.39, 0.29) is 5.91 Å². The van der Waals surface area contributed by atoms with Gasteiger partial charge in [0.15, 0.2) is 0 Å². The minimum atomic E-state index is 0.00659. The minimum Gasteiger partial charge on any atom is -0.495 e. The zero-order chi connectivity index (χ0) is 24.5. The highest BCUT2D eigenvalue weighted by Gasteiger charge is 2.27. The number of benzene rings is 3. The van der Waals surface area contributed by atoms with Crippen molar-refractivity contribution in [2.45, 2.75) is 6.92 Å². The summed E-state index contributed by atoms with van der Waals surface area (Å²) in [7, 11) is 1.68. The summed E-state index contributed by atoms with van der Waals surface area (Å²) in [6.45, 7) is 4.63. The summed E-state index contributed by atoms with van der Waals surface area (Å²) in [6, 6.07) is 21.1. The lowest BCUT2D eigenvalue weighted by atomic mass is 9.96. The van der Waals surface area contributed by atoms with Crippen molar-refractivity contribution >= 4 is 45.7 Å². The fourth-order valence-corrected chi connectivity index (χ4v) is 5.22. The number of carbonyl (C=O) groups excluding carboxylic acids is 1. The number of carbonyl (C=O) groups is 1. The van der Waals surface area contributed by atoms with Gasteiger partial charge in [0.2, 0.25) is 0 Å². The zero-order valence-corrected chi connectivity index (χ0v) is 21.1. The summed E-state index contributed by atoms with van der Waals surface area (Å²) in [5.74, 6) is 0.847. The Morgan fingerprint density at radius 3 is 2.40 bits per heavy atom. The van der Waals surface area contributed by atoms with Gasteiger partial charge in [-0.15, -0.1) is 0 Å². The Morgan fingerprint density at radius 1 is 0.943 bits per heavy atom. The second-order valence-electron chi connectivity index (χ2n) is 8.55. The summed E-state index contributed by atoms with van der Waals surface area (Å²) >= 11 is 12.7. The molecule has 7 heteroatoms. The fraction of sp³-hybridized carbons (Fsp3) is 0.214. The first-order valence-corrected chi connectivity index (χ1v) is 12.3. The quantitative estimate of drug-likeness (QED) is 0.318. The number of hydrogen-bond acceptors (Lipinski definition) is 4. The molecular weight excluding hydrogens is 481 g/mol. The monoisotopic (exact) mass is 505 g/mol. The fourth-order valence-electron chi connectivity index (χ4n) is 4.73. The maximum absolute atomic E-state index is 13.9. The van der Waals surface area contributed by atoms with E-state index in [4.69, 9.17) is 32.9 Å². The Morgan fingerprint density at radius 2 is 1.66 bits per heavy atom. The number of methoxy groups -OCH3 is 1. The van der Waals surface area contributed by atoms with Crippen LogP contribution in [0.25, 0.3) is 22.2 Å². The SMILES string of the molecule is COc1ccccc1N1CCN(C(=O)c2c(C)c(-c3ccc(Cl)cc3Cl)nc3ccccc23)CC1. The third-order valence-electron chi connectivity index (χ3n) is 6.53. The number of rotatable bonds is 4. The smallest absolute Gasteiger partial charge is 0.255 e. The number of hydrogen-bond donors (Lipinski definition) is 0. The molecule has 0 unspecified atom stereocenters. The Balaban J connectivity index is 1.50. The molecule has 5 nitrogen and oxygen atoms in total. The highest BCUT2D eigenvalue weighted by atomic mass is 35.5. The summed E-state index contributed by atoms with van der Waals surface area (Å²) in [5.41, 5.74) is 4.74. The number of amides is 1. The number of piperazine rings is 1. The van der Waals surface area contributed by atoms with Crippen molar-refractivity contribution in [1.82, 2.24) is 9.88 Å². The van der Waals surface area contributed by atoms with Gasteiger partial charge >= 0.3 is 0 Å². The third-order valence-corrected chi connectivity index (χ3v) is 7.08. The van der Waals surface area contributed by atoms with Crippen LogP contribution in [0, 0.1) is 6.92 Å². The van der Waals surface area contributed by atoms with Crippen molar-refractivity contribution in [3.8, 4) is 17.0 Å². The molecule has 178 valence electrons. The van der Waals surface area contributed by atoms with Crippen LogP contribution < -0.4 is 9.64 Å². The van der Waals surface area contributed by atoms with E-state index in [0.29, 0.717) is 34.4 Å². The summed E-state index contributed by atoms with van der Waals surface area (Å²) in [6.07, 6.45) is 0. The topological polar surface area (TPSA) is 45.7 Å². The van der Waals surface area contributed by atoms with Crippen LogP contribution in [-0.2, 0) is 0 Å². The summed E-state index contributed by atoms with van der Waals surface area (Å²) in [5, 5.41) is 1.91. The number of nitrogens with zero attached hydrogens (tertiary/aromatic N) is 3. The lowest BCUT2D eigenvalue weighted by molar-refractivity contribution is 0.0748. The molecule has 5 rings (SSSR count). The molecule has 0 atom stereocenters. The van der Waals surface area contributed by atoms with Crippen molar-refractivity contribution in [1.29, 1.82) is 0 Å². The predicted octanol–water partition coefficient (Wildman–Crippen LogP) is 6.49. The molecule has 2 heterocycles. The van der Waals surface area contributed by atoms with Gasteiger partial charge in [-0.2, -0.15) is 0 Å². The van der Waals surface area contributed by atoms with Gasteiger partial charge in [0.05, 0.1) is 34.6 Å². The number of anilines is 1. The molecule has 3 aromatic carbocycles. The molecule has 1 aromatic heterocycles. The van der Waals surface area contributed by atoms with Gasteiger partial charge in [0, 0.05) is 42.2 Å². The highest BCUT2D eigenvalue weighted by Crippen LogP contribution is 2.36. The highest BCUT2D eigenvalue weighted by molar-refractivity contribution is 6.36. The van der Waals surface area contributed by atoms with Crippen molar-refractivity contribution in [2.24, 2.45) is 0 Å². The molecular formula is C28H25Cl2N3O2. The number of halogens is 2. The Hall–Kier alpha value is -3.28. The first-order valence-electron chi connectivity index (χ1n) is 11.5. The molecule has 0 radical (unpaired) electrons. The van der Waals surface area contributed by atoms with E-state index in [2.05, 4.69) is 11.0 Å². The van der Waals surface area contributed by atoms with Gasteiger partial charge in [-0.25, -0.2) is 4.98 Å². The van der Waals surface area contributed by atoms with Crippen molar-refractivity contribution in [3.05, 3.63) is 87.9 Å². The average molecular weight is 506 g/mol. The van der Waals surface area contributed by atoms with Crippen LogP contribution in [0.5, 0.6) is 5.75 Å². The molecule has 1 fully saturated rings.